The number of anilines is 1. The van der Waals surface area contributed by atoms with Crippen LogP contribution in [0.15, 0.2) is 18.2 Å². The predicted octanol–water partition coefficient (Wildman–Crippen LogP) is 3.28. The van der Waals surface area contributed by atoms with Gasteiger partial charge in [-0.2, -0.15) is 0 Å². The highest BCUT2D eigenvalue weighted by atomic mass is 16.5. The molecule has 2 N–H and O–H groups in total. The highest BCUT2D eigenvalue weighted by Crippen LogP contribution is 2.21. The van der Waals surface area contributed by atoms with Crippen molar-refractivity contribution in [3.63, 3.8) is 0 Å². The van der Waals surface area contributed by atoms with Crippen LogP contribution in [0.4, 0.5) is 5.69 Å². The van der Waals surface area contributed by atoms with E-state index in [4.69, 9.17) is 10.5 Å². The molecule has 1 aliphatic rings. The van der Waals surface area contributed by atoms with Crippen molar-refractivity contribution in [2.24, 2.45) is 0 Å². The van der Waals surface area contributed by atoms with E-state index < -0.39 is 0 Å². The fraction of sp³-hybridized carbons (Fsp3) is 0.562. The molecule has 0 saturated heterocycles. The standard InChI is InChI=1S/C16H23N3O/c1-12-18-15-11-13(17)7-8-16(15)19(12)9-10-20-14-5-3-2-4-6-14/h7-8,11,14H,2-6,9-10,17H2,1H3. The van der Waals surface area contributed by atoms with Crippen LogP contribution in [0.5, 0.6) is 0 Å². The summed E-state index contributed by atoms with van der Waals surface area (Å²) in [7, 11) is 0. The summed E-state index contributed by atoms with van der Waals surface area (Å²) in [5.74, 6) is 1.03. The Labute approximate surface area is 119 Å². The van der Waals surface area contributed by atoms with Crippen LogP contribution in [0.1, 0.15) is 37.9 Å². The SMILES string of the molecule is Cc1nc2cc(N)ccc2n1CCOC1CCCCC1. The maximum Gasteiger partial charge on any atom is 0.106 e. The summed E-state index contributed by atoms with van der Waals surface area (Å²) in [4.78, 5) is 4.57. The monoisotopic (exact) mass is 273 g/mol. The number of rotatable bonds is 4. The minimum atomic E-state index is 0.467. The fourth-order valence-corrected chi connectivity index (χ4v) is 3.09. The van der Waals surface area contributed by atoms with E-state index in [9.17, 15) is 0 Å². The number of fused-ring (bicyclic) bond motifs is 1. The van der Waals surface area contributed by atoms with E-state index >= 15 is 0 Å². The van der Waals surface area contributed by atoms with Crippen molar-refractivity contribution in [2.75, 3.05) is 12.3 Å². The minimum Gasteiger partial charge on any atom is -0.399 e. The van der Waals surface area contributed by atoms with Gasteiger partial charge in [-0.3, -0.25) is 0 Å². The molecule has 1 aromatic carbocycles. The second kappa shape index (κ2) is 5.83. The zero-order valence-electron chi connectivity index (χ0n) is 12.1. The topological polar surface area (TPSA) is 53.1 Å². The first kappa shape index (κ1) is 13.4. The van der Waals surface area contributed by atoms with E-state index in [1.54, 1.807) is 0 Å². The van der Waals surface area contributed by atoms with Gasteiger partial charge < -0.3 is 15.0 Å². The van der Waals surface area contributed by atoms with Crippen molar-refractivity contribution >= 4 is 16.7 Å². The van der Waals surface area contributed by atoms with E-state index in [1.165, 1.54) is 32.1 Å². The van der Waals surface area contributed by atoms with Gasteiger partial charge in [0, 0.05) is 12.2 Å². The van der Waals surface area contributed by atoms with E-state index in [1.807, 2.05) is 25.1 Å². The molecule has 1 heterocycles. The van der Waals surface area contributed by atoms with Crippen molar-refractivity contribution in [3.05, 3.63) is 24.0 Å². The summed E-state index contributed by atoms with van der Waals surface area (Å²) in [6.07, 6.45) is 6.91. The molecule has 1 fully saturated rings. The van der Waals surface area contributed by atoms with E-state index in [-0.39, 0.29) is 0 Å². The number of ether oxygens (including phenoxy) is 1. The van der Waals surface area contributed by atoms with Crippen LogP contribution in [0.3, 0.4) is 0 Å². The molecule has 108 valence electrons. The summed E-state index contributed by atoms with van der Waals surface area (Å²) in [5.41, 5.74) is 8.69. The average molecular weight is 273 g/mol. The Morgan fingerprint density at radius 2 is 2.10 bits per heavy atom. The zero-order chi connectivity index (χ0) is 13.9. The number of benzene rings is 1. The van der Waals surface area contributed by atoms with Gasteiger partial charge in [0.25, 0.3) is 0 Å². The van der Waals surface area contributed by atoms with Gasteiger partial charge >= 0.3 is 0 Å². The molecule has 20 heavy (non-hydrogen) atoms. The smallest absolute Gasteiger partial charge is 0.106 e. The molecular weight excluding hydrogens is 250 g/mol. The molecule has 0 amide bonds. The summed E-state index contributed by atoms with van der Waals surface area (Å²) in [6, 6.07) is 5.91. The Morgan fingerprint density at radius 1 is 1.30 bits per heavy atom. The first-order chi connectivity index (χ1) is 9.74. The Kier molecular flexibility index (Phi) is 3.92. The highest BCUT2D eigenvalue weighted by Gasteiger charge is 2.14. The molecule has 3 rings (SSSR count). The number of imidazole rings is 1. The third-order valence-electron chi connectivity index (χ3n) is 4.18. The van der Waals surface area contributed by atoms with Crippen LogP contribution in [0.25, 0.3) is 11.0 Å². The molecule has 1 aliphatic carbocycles. The lowest BCUT2D eigenvalue weighted by Gasteiger charge is -2.22. The van der Waals surface area contributed by atoms with Crippen molar-refractivity contribution < 1.29 is 4.74 Å². The number of nitrogens with two attached hydrogens (primary N) is 1. The molecule has 0 aliphatic heterocycles. The first-order valence-electron chi connectivity index (χ1n) is 7.58. The molecule has 0 bridgehead atoms. The lowest BCUT2D eigenvalue weighted by atomic mass is 9.98. The molecule has 0 atom stereocenters. The first-order valence-corrected chi connectivity index (χ1v) is 7.58. The zero-order valence-corrected chi connectivity index (χ0v) is 12.1. The summed E-state index contributed by atoms with van der Waals surface area (Å²) < 4.78 is 8.23. The Balaban J connectivity index is 1.66. The molecule has 1 aromatic heterocycles. The van der Waals surface area contributed by atoms with Gasteiger partial charge in [0.2, 0.25) is 0 Å². The maximum atomic E-state index is 6.01. The number of hydrogen-bond donors (Lipinski definition) is 1. The molecule has 0 spiro atoms. The van der Waals surface area contributed by atoms with Crippen molar-refractivity contribution in [2.45, 2.75) is 51.7 Å². The lowest BCUT2D eigenvalue weighted by Crippen LogP contribution is -2.19. The molecule has 2 aromatic rings. The van der Waals surface area contributed by atoms with E-state index in [0.717, 1.165) is 35.7 Å². The van der Waals surface area contributed by atoms with Gasteiger partial charge in [-0.15, -0.1) is 0 Å². The molecule has 4 nitrogen and oxygen atoms in total. The van der Waals surface area contributed by atoms with Gasteiger partial charge in [0.05, 0.1) is 23.7 Å². The highest BCUT2D eigenvalue weighted by molar-refractivity contribution is 5.79. The molecule has 0 radical (unpaired) electrons. The Morgan fingerprint density at radius 3 is 2.90 bits per heavy atom. The third kappa shape index (κ3) is 2.80. The van der Waals surface area contributed by atoms with Crippen molar-refractivity contribution in [1.82, 2.24) is 9.55 Å². The van der Waals surface area contributed by atoms with Crippen LogP contribution in [-0.4, -0.2) is 22.3 Å². The number of nitrogens with zero attached hydrogens (tertiary/aromatic N) is 2. The van der Waals surface area contributed by atoms with Crippen LogP contribution >= 0.6 is 0 Å². The van der Waals surface area contributed by atoms with Crippen molar-refractivity contribution in [3.8, 4) is 0 Å². The molecule has 1 saturated carbocycles. The van der Waals surface area contributed by atoms with Gasteiger partial charge in [0.15, 0.2) is 0 Å². The van der Waals surface area contributed by atoms with Crippen LogP contribution in [0.2, 0.25) is 0 Å². The maximum absolute atomic E-state index is 6.01. The number of aromatic nitrogens is 2. The van der Waals surface area contributed by atoms with Crippen LogP contribution < -0.4 is 5.73 Å². The number of nitrogen functional groups attached to an aromatic ring is 1. The fourth-order valence-electron chi connectivity index (χ4n) is 3.09. The van der Waals surface area contributed by atoms with Gasteiger partial charge in [-0.25, -0.2) is 4.98 Å². The number of aryl methyl sites for hydroxylation is 1. The second-order valence-electron chi connectivity index (χ2n) is 5.69. The Hall–Kier alpha value is -1.55. The van der Waals surface area contributed by atoms with E-state index in [0.29, 0.717) is 6.10 Å². The van der Waals surface area contributed by atoms with Crippen molar-refractivity contribution in [1.29, 1.82) is 0 Å². The molecular formula is C16H23N3O. The Bertz CT molecular complexity index is 585. The van der Waals surface area contributed by atoms with Gasteiger partial charge in [-0.05, 0) is 38.0 Å². The van der Waals surface area contributed by atoms with Crippen LogP contribution in [0, 0.1) is 6.92 Å². The second-order valence-corrected chi connectivity index (χ2v) is 5.69. The average Bonchev–Trinajstić information content (AvgIpc) is 2.75. The summed E-state index contributed by atoms with van der Waals surface area (Å²) in [5, 5.41) is 0. The normalized spacial score (nSPS) is 16.9. The number of hydrogen-bond acceptors (Lipinski definition) is 3. The quantitative estimate of drug-likeness (QED) is 0.870. The molecule has 0 unspecified atom stereocenters. The minimum absolute atomic E-state index is 0.467. The lowest BCUT2D eigenvalue weighted by molar-refractivity contribution is 0.0243. The largest absolute Gasteiger partial charge is 0.399 e. The third-order valence-corrected chi connectivity index (χ3v) is 4.18. The summed E-state index contributed by atoms with van der Waals surface area (Å²) >= 11 is 0. The molecule has 4 heteroatoms. The van der Waals surface area contributed by atoms with Gasteiger partial charge in [0.1, 0.15) is 5.82 Å². The predicted molar refractivity (Wildman–Crippen MR) is 81.7 cm³/mol. The van der Waals surface area contributed by atoms with Gasteiger partial charge in [-0.1, -0.05) is 19.3 Å². The van der Waals surface area contributed by atoms with Crippen LogP contribution in [-0.2, 0) is 11.3 Å². The summed E-state index contributed by atoms with van der Waals surface area (Å²) in [6.45, 7) is 3.67. The van der Waals surface area contributed by atoms with E-state index in [2.05, 4.69) is 9.55 Å².